The maximum Gasteiger partial charge on any atom is 0.335 e. The number of carbonyl (C=O) groups excluding carboxylic acids is 1. The average molecular weight is 584 g/mol. The van der Waals surface area contributed by atoms with E-state index in [2.05, 4.69) is 10.1 Å². The molecule has 4 heterocycles. The van der Waals surface area contributed by atoms with Crippen molar-refractivity contribution in [3.63, 3.8) is 0 Å². The highest BCUT2D eigenvalue weighted by Crippen LogP contribution is 2.32. The van der Waals surface area contributed by atoms with E-state index in [1.165, 1.54) is 47.5 Å². The molecule has 0 radical (unpaired) electrons. The van der Waals surface area contributed by atoms with E-state index in [1.807, 2.05) is 0 Å². The third-order valence-electron chi connectivity index (χ3n) is 6.79. The summed E-state index contributed by atoms with van der Waals surface area (Å²) in [7, 11) is 0. The molecule has 0 aliphatic carbocycles. The summed E-state index contributed by atoms with van der Waals surface area (Å²) in [5, 5.41) is 4.22. The SMILES string of the molecule is CC(C)n1cc(C(=O)Cc2ccc(Oc3cc(-c4ncco4)cn4nccc34)c(F)c2)c(=O)n(-c2ccc(F)cc2)c1=O. The summed E-state index contributed by atoms with van der Waals surface area (Å²) >= 11 is 0. The van der Waals surface area contributed by atoms with Gasteiger partial charge in [0.05, 0.1) is 23.6 Å². The normalized spacial score (nSPS) is 11.4. The van der Waals surface area contributed by atoms with Crippen molar-refractivity contribution in [1.82, 2.24) is 23.7 Å². The molecule has 0 fully saturated rings. The summed E-state index contributed by atoms with van der Waals surface area (Å²) in [4.78, 5) is 43.9. The van der Waals surface area contributed by atoms with Gasteiger partial charge in [0.1, 0.15) is 23.2 Å². The Bertz CT molecular complexity index is 2090. The number of carbonyl (C=O) groups is 1. The van der Waals surface area contributed by atoms with Crippen molar-refractivity contribution in [3.8, 4) is 28.6 Å². The zero-order chi connectivity index (χ0) is 30.2. The number of nitrogens with zero attached hydrogens (tertiary/aromatic N) is 5. The molecule has 4 aromatic heterocycles. The van der Waals surface area contributed by atoms with Crippen LogP contribution < -0.4 is 16.0 Å². The van der Waals surface area contributed by atoms with E-state index in [1.54, 1.807) is 42.9 Å². The van der Waals surface area contributed by atoms with Gasteiger partial charge >= 0.3 is 5.69 Å². The fourth-order valence-corrected chi connectivity index (χ4v) is 4.65. The highest BCUT2D eigenvalue weighted by Gasteiger charge is 2.21. The van der Waals surface area contributed by atoms with Crippen LogP contribution in [0.3, 0.4) is 0 Å². The minimum atomic E-state index is -0.852. The first-order valence-electron chi connectivity index (χ1n) is 13.2. The lowest BCUT2D eigenvalue weighted by atomic mass is 10.0. The van der Waals surface area contributed by atoms with Crippen molar-refractivity contribution in [2.24, 2.45) is 0 Å². The van der Waals surface area contributed by atoms with Gasteiger partial charge in [-0.1, -0.05) is 6.07 Å². The van der Waals surface area contributed by atoms with Gasteiger partial charge in [-0.2, -0.15) is 5.10 Å². The van der Waals surface area contributed by atoms with Crippen LogP contribution >= 0.6 is 0 Å². The summed E-state index contributed by atoms with van der Waals surface area (Å²) in [5.74, 6) is -1.37. The molecule has 0 unspecified atom stereocenters. The molecule has 6 aromatic rings. The summed E-state index contributed by atoms with van der Waals surface area (Å²) < 4.78 is 43.7. The zero-order valence-corrected chi connectivity index (χ0v) is 22.9. The maximum absolute atomic E-state index is 15.3. The second-order valence-corrected chi connectivity index (χ2v) is 10.0. The van der Waals surface area contributed by atoms with Crippen LogP contribution in [0.1, 0.15) is 35.8 Å². The van der Waals surface area contributed by atoms with Crippen LogP contribution in [0.5, 0.6) is 11.5 Å². The molecule has 0 N–H and O–H groups in total. The van der Waals surface area contributed by atoms with E-state index < -0.39 is 28.7 Å². The molecule has 0 saturated carbocycles. The molecule has 43 heavy (non-hydrogen) atoms. The van der Waals surface area contributed by atoms with E-state index in [0.717, 1.165) is 22.8 Å². The van der Waals surface area contributed by atoms with Gasteiger partial charge < -0.3 is 9.15 Å². The van der Waals surface area contributed by atoms with Crippen molar-refractivity contribution in [2.45, 2.75) is 26.3 Å². The molecule has 0 spiro atoms. The minimum absolute atomic E-state index is 0.101. The fraction of sp³-hybridized carbons (Fsp3) is 0.129. The number of halogens is 2. The number of benzene rings is 2. The summed E-state index contributed by atoms with van der Waals surface area (Å²) in [6.45, 7) is 3.45. The van der Waals surface area contributed by atoms with Crippen LogP contribution in [-0.4, -0.2) is 29.5 Å². The van der Waals surface area contributed by atoms with E-state index in [0.29, 0.717) is 22.7 Å². The van der Waals surface area contributed by atoms with E-state index in [-0.39, 0.29) is 35.0 Å². The Balaban J connectivity index is 1.30. The second-order valence-electron chi connectivity index (χ2n) is 10.0. The maximum atomic E-state index is 15.3. The van der Waals surface area contributed by atoms with Crippen molar-refractivity contribution >= 4 is 11.3 Å². The number of hydrogen-bond donors (Lipinski definition) is 0. The molecule has 12 heteroatoms. The smallest absolute Gasteiger partial charge is 0.335 e. The zero-order valence-electron chi connectivity index (χ0n) is 22.9. The molecule has 0 saturated heterocycles. The van der Waals surface area contributed by atoms with Crippen LogP contribution in [0.25, 0.3) is 22.7 Å². The first kappa shape index (κ1) is 27.5. The van der Waals surface area contributed by atoms with Gasteiger partial charge in [-0.3, -0.25) is 14.2 Å². The van der Waals surface area contributed by atoms with E-state index in [9.17, 15) is 18.8 Å². The average Bonchev–Trinajstić information content (AvgIpc) is 3.68. The van der Waals surface area contributed by atoms with Crippen molar-refractivity contribution in [3.05, 3.63) is 129 Å². The van der Waals surface area contributed by atoms with Gasteiger partial charge in [0, 0.05) is 24.9 Å². The third kappa shape index (κ3) is 5.25. The number of hydrogen-bond acceptors (Lipinski definition) is 7. The first-order valence-corrected chi connectivity index (χ1v) is 13.2. The lowest BCUT2D eigenvalue weighted by Crippen LogP contribution is -2.42. The summed E-state index contributed by atoms with van der Waals surface area (Å²) in [6, 6.07) is 11.8. The van der Waals surface area contributed by atoms with Crippen LogP contribution in [0, 0.1) is 11.6 Å². The Morgan fingerprint density at radius 2 is 1.77 bits per heavy atom. The summed E-state index contributed by atoms with van der Waals surface area (Å²) in [5.41, 5.74) is -0.242. The predicted octanol–water partition coefficient (Wildman–Crippen LogP) is 5.38. The molecule has 0 atom stereocenters. The minimum Gasteiger partial charge on any atom is -0.452 e. The Morgan fingerprint density at radius 3 is 2.47 bits per heavy atom. The molecular weight excluding hydrogens is 560 g/mol. The monoisotopic (exact) mass is 583 g/mol. The van der Waals surface area contributed by atoms with Gasteiger partial charge in [-0.05, 0) is 67.9 Å². The standard InChI is InChI=1S/C31H23F2N5O5/c1-18(2)36-17-23(30(40)38(31(36)41)22-6-4-21(32)5-7-22)26(39)14-19-3-8-27(24(33)13-19)43-28-15-20(29-34-11-12-42-29)16-37-25(28)9-10-35-37/h3-13,15-18H,14H2,1-2H3. The third-order valence-corrected chi connectivity index (χ3v) is 6.79. The molecule has 10 nitrogen and oxygen atoms in total. The number of pyridine rings is 1. The molecule has 6 rings (SSSR count). The van der Waals surface area contributed by atoms with Gasteiger partial charge in [-0.15, -0.1) is 0 Å². The van der Waals surface area contributed by atoms with E-state index in [4.69, 9.17) is 9.15 Å². The van der Waals surface area contributed by atoms with Gasteiger partial charge in [0.15, 0.2) is 23.1 Å². The largest absolute Gasteiger partial charge is 0.452 e. The van der Waals surface area contributed by atoms with Gasteiger partial charge in [0.25, 0.3) is 5.56 Å². The van der Waals surface area contributed by atoms with Crippen LogP contribution in [0.2, 0.25) is 0 Å². The lowest BCUT2D eigenvalue weighted by Gasteiger charge is -2.15. The number of rotatable bonds is 8. The first-order chi connectivity index (χ1) is 20.7. The number of aromatic nitrogens is 5. The molecule has 0 aliphatic heterocycles. The van der Waals surface area contributed by atoms with Crippen molar-refractivity contribution in [2.75, 3.05) is 0 Å². The molecule has 2 aromatic carbocycles. The highest BCUT2D eigenvalue weighted by molar-refractivity contribution is 5.97. The molecule has 0 amide bonds. The quantitative estimate of drug-likeness (QED) is 0.221. The van der Waals surface area contributed by atoms with Crippen LogP contribution in [-0.2, 0) is 6.42 Å². The summed E-state index contributed by atoms with van der Waals surface area (Å²) in [6.07, 6.45) is 7.09. The Hall–Kier alpha value is -5.65. The molecule has 0 aliphatic rings. The van der Waals surface area contributed by atoms with Crippen LogP contribution in [0.4, 0.5) is 8.78 Å². The van der Waals surface area contributed by atoms with E-state index >= 15 is 4.39 Å². The van der Waals surface area contributed by atoms with Gasteiger partial charge in [0.2, 0.25) is 5.89 Å². The number of ketones is 1. The predicted molar refractivity (Wildman–Crippen MR) is 152 cm³/mol. The fourth-order valence-electron chi connectivity index (χ4n) is 4.65. The highest BCUT2D eigenvalue weighted by atomic mass is 19.1. The topological polar surface area (TPSA) is 114 Å². The lowest BCUT2D eigenvalue weighted by molar-refractivity contribution is 0.0990. The molecule has 0 bridgehead atoms. The van der Waals surface area contributed by atoms with Crippen molar-refractivity contribution in [1.29, 1.82) is 0 Å². The van der Waals surface area contributed by atoms with Crippen LogP contribution in [0.15, 0.2) is 99.7 Å². The Labute approximate surface area is 242 Å². The number of Topliss-reactive ketones (excluding diaryl/α,β-unsaturated/α-hetero) is 1. The molecular formula is C31H23F2N5O5. The Kier molecular flexibility index (Phi) is 7.02. The second kappa shape index (κ2) is 11.0. The molecule has 216 valence electrons. The Morgan fingerprint density at radius 1 is 0.977 bits per heavy atom. The van der Waals surface area contributed by atoms with Crippen molar-refractivity contribution < 1.29 is 22.7 Å². The number of fused-ring (bicyclic) bond motifs is 1. The number of ether oxygens (including phenoxy) is 1. The number of oxazole rings is 1. The van der Waals surface area contributed by atoms with Gasteiger partial charge in [-0.25, -0.2) is 27.6 Å².